The first-order valence-corrected chi connectivity index (χ1v) is 4.01. The number of carboxylic acid groups (broad SMARTS) is 1. The Morgan fingerprint density at radius 2 is 2.29 bits per heavy atom. The van der Waals surface area contributed by atoms with Crippen LogP contribution >= 0.6 is 11.6 Å². The highest BCUT2D eigenvalue weighted by atomic mass is 35.5. The van der Waals surface area contributed by atoms with Crippen LogP contribution in [-0.2, 0) is 4.79 Å². The Bertz CT molecular complexity index is 414. The van der Waals surface area contributed by atoms with Crippen LogP contribution in [-0.4, -0.2) is 11.1 Å². The lowest BCUT2D eigenvalue weighted by molar-refractivity contribution is -0.137. The van der Waals surface area contributed by atoms with Gasteiger partial charge in [0, 0.05) is 10.6 Å². The van der Waals surface area contributed by atoms with E-state index in [1.165, 1.54) is 12.1 Å². The second kappa shape index (κ2) is 4.07. The van der Waals surface area contributed by atoms with E-state index in [0.717, 1.165) is 12.1 Å². The van der Waals surface area contributed by atoms with Crippen LogP contribution in [0.15, 0.2) is 18.2 Å². The fourth-order valence-corrected chi connectivity index (χ4v) is 1.22. The van der Waals surface area contributed by atoms with Gasteiger partial charge in [-0.25, -0.2) is 4.39 Å². The SMILES string of the molecule is N#CC(C(=O)O)c1cc(F)ccc1Cl. The van der Waals surface area contributed by atoms with E-state index in [-0.39, 0.29) is 10.6 Å². The summed E-state index contributed by atoms with van der Waals surface area (Å²) in [5.74, 6) is -3.40. The van der Waals surface area contributed by atoms with Crippen LogP contribution in [0.5, 0.6) is 0 Å². The molecule has 1 rings (SSSR count). The minimum atomic E-state index is -1.43. The molecule has 5 heteroatoms. The molecule has 0 amide bonds. The second-order valence-electron chi connectivity index (χ2n) is 2.57. The molecule has 1 atom stereocenters. The molecule has 0 radical (unpaired) electrons. The first-order valence-electron chi connectivity index (χ1n) is 3.63. The standard InChI is InChI=1S/C9H5ClFNO2/c10-8-2-1-5(11)3-6(8)7(4-12)9(13)14/h1-3,7H,(H,13,14). The Hall–Kier alpha value is -1.60. The Kier molecular flexibility index (Phi) is 3.05. The molecule has 0 aliphatic rings. The lowest BCUT2D eigenvalue weighted by Crippen LogP contribution is -2.10. The minimum absolute atomic E-state index is 0.0262. The van der Waals surface area contributed by atoms with Gasteiger partial charge in [0.1, 0.15) is 5.82 Å². The zero-order valence-corrected chi connectivity index (χ0v) is 7.62. The van der Waals surface area contributed by atoms with Crippen molar-refractivity contribution in [3.63, 3.8) is 0 Å². The fraction of sp³-hybridized carbons (Fsp3) is 0.111. The average Bonchev–Trinajstić information content (AvgIpc) is 2.11. The number of carboxylic acids is 1. The van der Waals surface area contributed by atoms with Crippen LogP contribution in [0, 0.1) is 17.1 Å². The van der Waals surface area contributed by atoms with E-state index in [0.29, 0.717) is 0 Å². The molecule has 3 nitrogen and oxygen atoms in total. The van der Waals surface area contributed by atoms with Crippen LogP contribution in [0.1, 0.15) is 11.5 Å². The highest BCUT2D eigenvalue weighted by Gasteiger charge is 2.22. The molecule has 72 valence electrons. The molecule has 14 heavy (non-hydrogen) atoms. The summed E-state index contributed by atoms with van der Waals surface area (Å²) < 4.78 is 12.7. The van der Waals surface area contributed by atoms with Gasteiger partial charge < -0.3 is 5.11 Å². The van der Waals surface area contributed by atoms with Crippen LogP contribution in [0.4, 0.5) is 4.39 Å². The molecule has 0 aliphatic heterocycles. The van der Waals surface area contributed by atoms with E-state index in [4.69, 9.17) is 22.0 Å². The van der Waals surface area contributed by atoms with E-state index in [2.05, 4.69) is 0 Å². The van der Waals surface area contributed by atoms with Crippen molar-refractivity contribution >= 4 is 17.6 Å². The molecule has 1 N–H and O–H groups in total. The van der Waals surface area contributed by atoms with Crippen molar-refractivity contribution < 1.29 is 14.3 Å². The van der Waals surface area contributed by atoms with Crippen molar-refractivity contribution in [3.05, 3.63) is 34.6 Å². The molecule has 0 bridgehead atoms. The predicted octanol–water partition coefficient (Wildman–Crippen LogP) is 2.17. The second-order valence-corrected chi connectivity index (χ2v) is 2.97. The van der Waals surface area contributed by atoms with Gasteiger partial charge in [-0.15, -0.1) is 0 Å². The molecular formula is C9H5ClFNO2. The largest absolute Gasteiger partial charge is 0.480 e. The summed E-state index contributed by atoms with van der Waals surface area (Å²) in [6.07, 6.45) is 0. The molecule has 0 heterocycles. The van der Waals surface area contributed by atoms with Gasteiger partial charge in [-0.05, 0) is 18.2 Å². The third-order valence-electron chi connectivity index (χ3n) is 1.65. The van der Waals surface area contributed by atoms with E-state index in [1.54, 1.807) is 0 Å². The smallest absolute Gasteiger partial charge is 0.325 e. The summed E-state index contributed by atoms with van der Waals surface area (Å²) in [4.78, 5) is 10.6. The number of hydrogen-bond acceptors (Lipinski definition) is 2. The number of hydrogen-bond donors (Lipinski definition) is 1. The molecule has 0 saturated carbocycles. The van der Waals surface area contributed by atoms with Crippen molar-refractivity contribution in [3.8, 4) is 6.07 Å². The molecular weight excluding hydrogens is 209 g/mol. The fourth-order valence-electron chi connectivity index (χ4n) is 0.994. The van der Waals surface area contributed by atoms with Crippen LogP contribution in [0.3, 0.4) is 0 Å². The highest BCUT2D eigenvalue weighted by Crippen LogP contribution is 2.25. The van der Waals surface area contributed by atoms with Crippen molar-refractivity contribution in [1.82, 2.24) is 0 Å². The monoisotopic (exact) mass is 213 g/mol. The maximum atomic E-state index is 12.7. The van der Waals surface area contributed by atoms with Crippen molar-refractivity contribution in [2.75, 3.05) is 0 Å². The maximum absolute atomic E-state index is 12.7. The predicted molar refractivity (Wildman–Crippen MR) is 47.4 cm³/mol. The number of carbonyl (C=O) groups is 1. The normalized spacial score (nSPS) is 11.8. The first-order chi connectivity index (χ1) is 6.56. The summed E-state index contributed by atoms with van der Waals surface area (Å²) in [7, 11) is 0. The molecule has 0 saturated heterocycles. The van der Waals surface area contributed by atoms with Crippen molar-refractivity contribution in [2.24, 2.45) is 0 Å². The lowest BCUT2D eigenvalue weighted by atomic mass is 10.0. The van der Waals surface area contributed by atoms with Crippen LogP contribution in [0.2, 0.25) is 5.02 Å². The quantitative estimate of drug-likeness (QED) is 0.819. The Balaban J connectivity index is 3.23. The Morgan fingerprint density at radius 3 is 2.79 bits per heavy atom. The summed E-state index contributed by atoms with van der Waals surface area (Å²) in [5.41, 5.74) is -0.0262. The zero-order valence-electron chi connectivity index (χ0n) is 6.87. The Morgan fingerprint density at radius 1 is 1.64 bits per heavy atom. The summed E-state index contributed by atoms with van der Waals surface area (Å²) in [6, 6.07) is 4.80. The van der Waals surface area contributed by atoms with Crippen LogP contribution < -0.4 is 0 Å². The van der Waals surface area contributed by atoms with Crippen LogP contribution in [0.25, 0.3) is 0 Å². The van der Waals surface area contributed by atoms with Gasteiger partial charge in [-0.3, -0.25) is 4.79 Å². The number of benzene rings is 1. The lowest BCUT2D eigenvalue weighted by Gasteiger charge is -2.06. The van der Waals surface area contributed by atoms with Crippen molar-refractivity contribution in [2.45, 2.75) is 5.92 Å². The van der Waals surface area contributed by atoms with E-state index in [9.17, 15) is 9.18 Å². The number of rotatable bonds is 2. The molecule has 1 unspecified atom stereocenters. The highest BCUT2D eigenvalue weighted by molar-refractivity contribution is 6.31. The summed E-state index contributed by atoms with van der Waals surface area (Å²) >= 11 is 5.63. The molecule has 0 aliphatic carbocycles. The van der Waals surface area contributed by atoms with Gasteiger partial charge in [0.15, 0.2) is 5.92 Å². The van der Waals surface area contributed by atoms with E-state index < -0.39 is 17.7 Å². The van der Waals surface area contributed by atoms with E-state index >= 15 is 0 Å². The minimum Gasteiger partial charge on any atom is -0.480 e. The summed E-state index contributed by atoms with van der Waals surface area (Å²) in [5, 5.41) is 17.3. The Labute approximate surface area is 84.3 Å². The third kappa shape index (κ3) is 2.01. The molecule has 1 aromatic carbocycles. The van der Waals surface area contributed by atoms with Gasteiger partial charge >= 0.3 is 5.97 Å². The topological polar surface area (TPSA) is 61.1 Å². The summed E-state index contributed by atoms with van der Waals surface area (Å²) in [6.45, 7) is 0. The molecule has 1 aromatic rings. The van der Waals surface area contributed by atoms with Gasteiger partial charge in [0.05, 0.1) is 6.07 Å². The number of nitriles is 1. The first kappa shape index (κ1) is 10.5. The average molecular weight is 214 g/mol. The van der Waals surface area contributed by atoms with Gasteiger partial charge in [-0.1, -0.05) is 11.6 Å². The van der Waals surface area contributed by atoms with Crippen molar-refractivity contribution in [1.29, 1.82) is 5.26 Å². The number of halogens is 2. The molecule has 0 spiro atoms. The number of aliphatic carboxylic acids is 1. The van der Waals surface area contributed by atoms with Gasteiger partial charge in [0.25, 0.3) is 0 Å². The number of nitrogens with zero attached hydrogens (tertiary/aromatic N) is 1. The van der Waals surface area contributed by atoms with E-state index in [1.807, 2.05) is 0 Å². The molecule has 0 fully saturated rings. The molecule has 0 aromatic heterocycles. The zero-order chi connectivity index (χ0) is 10.7. The van der Waals surface area contributed by atoms with Gasteiger partial charge in [0.2, 0.25) is 0 Å². The maximum Gasteiger partial charge on any atom is 0.325 e. The van der Waals surface area contributed by atoms with Gasteiger partial charge in [-0.2, -0.15) is 5.26 Å². The third-order valence-corrected chi connectivity index (χ3v) is 1.99.